The number of aryl methyl sites for hydroxylation is 1. The average Bonchev–Trinajstić information content (AvgIpc) is 2.87. The molecule has 150 valence electrons. The molecule has 2 heterocycles. The number of halogens is 1. The predicted molar refractivity (Wildman–Crippen MR) is 98.4 cm³/mol. The summed E-state index contributed by atoms with van der Waals surface area (Å²) >= 11 is 0. The van der Waals surface area contributed by atoms with Gasteiger partial charge in [0.15, 0.2) is 17.3 Å². The zero-order valence-corrected chi connectivity index (χ0v) is 17.2. The highest BCUT2D eigenvalue weighted by molar-refractivity contribution is 7.86. The van der Waals surface area contributed by atoms with E-state index in [1.807, 2.05) is 13.8 Å². The maximum absolute atomic E-state index is 14.4. The molecule has 2 aromatic heterocycles. The van der Waals surface area contributed by atoms with Gasteiger partial charge in [0.25, 0.3) is 0 Å². The van der Waals surface area contributed by atoms with Crippen molar-refractivity contribution in [3.05, 3.63) is 30.0 Å². The summed E-state index contributed by atoms with van der Waals surface area (Å²) in [6.07, 6.45) is 3.16. The maximum atomic E-state index is 14.4. The molecule has 0 aromatic carbocycles. The Morgan fingerprint density at radius 3 is 2.30 bits per heavy atom. The fourth-order valence-electron chi connectivity index (χ4n) is 2.02. The van der Waals surface area contributed by atoms with Crippen LogP contribution in [0.3, 0.4) is 0 Å². The number of hydrogen-bond acceptors (Lipinski definition) is 7. The van der Waals surface area contributed by atoms with Crippen LogP contribution in [0.1, 0.15) is 45.1 Å². The van der Waals surface area contributed by atoms with Gasteiger partial charge in [-0.3, -0.25) is 4.68 Å². The van der Waals surface area contributed by atoms with Crippen molar-refractivity contribution in [1.29, 1.82) is 0 Å². The number of nitrogens with zero attached hydrogens (tertiary/aromatic N) is 3. The number of esters is 1. The fourth-order valence-corrected chi connectivity index (χ4v) is 2.46. The van der Waals surface area contributed by atoms with Gasteiger partial charge in [-0.2, -0.15) is 13.5 Å². The van der Waals surface area contributed by atoms with Gasteiger partial charge in [0, 0.05) is 13.1 Å². The molecule has 0 saturated carbocycles. The van der Waals surface area contributed by atoms with Crippen LogP contribution < -0.4 is 4.18 Å². The molecule has 0 radical (unpaired) electrons. The number of hydrogen-bond donors (Lipinski definition) is 0. The van der Waals surface area contributed by atoms with Crippen LogP contribution in [0.25, 0.3) is 11.3 Å². The molecular formula is C17H24FN3O5S. The number of rotatable bonds is 4. The third-order valence-electron chi connectivity index (χ3n) is 2.85. The number of aromatic nitrogens is 3. The Morgan fingerprint density at radius 2 is 1.81 bits per heavy atom. The van der Waals surface area contributed by atoms with Crippen LogP contribution in [-0.2, 0) is 21.9 Å². The van der Waals surface area contributed by atoms with E-state index in [2.05, 4.69) is 14.3 Å². The number of ether oxygens (including phenoxy) is 1. The van der Waals surface area contributed by atoms with Crippen molar-refractivity contribution in [1.82, 2.24) is 14.8 Å². The smallest absolute Gasteiger partial charge is 0.357 e. The molecule has 0 atom stereocenters. The van der Waals surface area contributed by atoms with Gasteiger partial charge in [0.05, 0.1) is 24.2 Å². The Morgan fingerprint density at radius 1 is 1.22 bits per heavy atom. The van der Waals surface area contributed by atoms with Gasteiger partial charge in [-0.05, 0) is 20.8 Å². The first kappa shape index (κ1) is 22.6. The lowest BCUT2D eigenvalue weighted by atomic mass is 10.1. The van der Waals surface area contributed by atoms with Crippen molar-refractivity contribution < 1.29 is 26.5 Å². The molecule has 27 heavy (non-hydrogen) atoms. The van der Waals surface area contributed by atoms with E-state index in [1.54, 1.807) is 20.8 Å². The fraction of sp³-hybridized carbons (Fsp3) is 0.471. The monoisotopic (exact) mass is 401 g/mol. The second-order valence-electron chi connectivity index (χ2n) is 6.32. The second kappa shape index (κ2) is 8.47. The number of carbonyl (C=O) groups excluding carboxylic acids is 1. The Labute approximate surface area is 158 Å². The van der Waals surface area contributed by atoms with Gasteiger partial charge in [-0.15, -0.1) is 0 Å². The zero-order chi connectivity index (χ0) is 21.0. The normalized spacial score (nSPS) is 11.4. The van der Waals surface area contributed by atoms with E-state index in [9.17, 15) is 17.6 Å². The molecule has 0 bridgehead atoms. The van der Waals surface area contributed by atoms with Gasteiger partial charge in [0.2, 0.25) is 0 Å². The lowest BCUT2D eigenvalue weighted by Crippen LogP contribution is -2.25. The lowest BCUT2D eigenvalue weighted by molar-refractivity contribution is 0.00584. The van der Waals surface area contributed by atoms with Gasteiger partial charge >= 0.3 is 16.1 Å². The van der Waals surface area contributed by atoms with E-state index in [0.29, 0.717) is 0 Å². The summed E-state index contributed by atoms with van der Waals surface area (Å²) in [5, 5.41) is 3.95. The van der Waals surface area contributed by atoms with Crippen LogP contribution in [-0.4, -0.2) is 41.0 Å². The molecule has 8 nitrogen and oxygen atoms in total. The van der Waals surface area contributed by atoms with E-state index in [1.165, 1.54) is 17.9 Å². The van der Waals surface area contributed by atoms with E-state index in [4.69, 9.17) is 4.74 Å². The zero-order valence-electron chi connectivity index (χ0n) is 16.4. The van der Waals surface area contributed by atoms with Crippen LogP contribution in [0, 0.1) is 5.82 Å². The van der Waals surface area contributed by atoms with Crippen molar-refractivity contribution in [2.24, 2.45) is 7.05 Å². The van der Waals surface area contributed by atoms with E-state index in [0.717, 1.165) is 18.5 Å². The lowest BCUT2D eigenvalue weighted by Gasteiger charge is -2.19. The quantitative estimate of drug-likeness (QED) is 0.573. The second-order valence-corrected chi connectivity index (χ2v) is 7.90. The van der Waals surface area contributed by atoms with Gasteiger partial charge in [-0.1, -0.05) is 13.8 Å². The summed E-state index contributed by atoms with van der Waals surface area (Å²) in [4.78, 5) is 16.2. The Hall–Kier alpha value is -2.49. The van der Waals surface area contributed by atoms with E-state index in [-0.39, 0.29) is 22.7 Å². The highest BCUT2D eigenvalue weighted by Crippen LogP contribution is 2.28. The molecule has 0 aliphatic rings. The molecule has 2 rings (SSSR count). The summed E-state index contributed by atoms with van der Waals surface area (Å²) in [5.41, 5.74) is -0.759. The first-order chi connectivity index (χ1) is 12.4. The third-order valence-corrected chi connectivity index (χ3v) is 3.35. The first-order valence-corrected chi connectivity index (χ1v) is 10.00. The summed E-state index contributed by atoms with van der Waals surface area (Å²) < 4.78 is 47.7. The highest BCUT2D eigenvalue weighted by atomic mass is 32.2. The van der Waals surface area contributed by atoms with Gasteiger partial charge in [-0.25, -0.2) is 14.2 Å². The number of pyridine rings is 1. The largest absolute Gasteiger partial charge is 0.455 e. The number of carbonyl (C=O) groups is 1. The SMILES string of the molecule is CC.Cn1ncc(-c2ncc(OS(C)(=O)=O)cc2F)c1C(=O)OC(C)(C)C. The molecule has 2 aromatic rings. The summed E-state index contributed by atoms with van der Waals surface area (Å²) in [6, 6.07) is 0.870. The first-order valence-electron chi connectivity index (χ1n) is 8.18. The Kier molecular flexibility index (Phi) is 7.07. The molecule has 0 saturated heterocycles. The Balaban J connectivity index is 0.00000176. The van der Waals surface area contributed by atoms with Crippen molar-refractivity contribution >= 4 is 16.1 Å². The average molecular weight is 401 g/mol. The minimum absolute atomic E-state index is 0.0260. The molecule has 0 fully saturated rings. The molecule has 0 aliphatic carbocycles. The van der Waals surface area contributed by atoms with Gasteiger partial charge < -0.3 is 8.92 Å². The molecule has 0 amide bonds. The van der Waals surface area contributed by atoms with E-state index < -0.39 is 27.5 Å². The van der Waals surface area contributed by atoms with E-state index >= 15 is 0 Å². The topological polar surface area (TPSA) is 100 Å². The summed E-state index contributed by atoms with van der Waals surface area (Å²) in [7, 11) is -2.29. The molecule has 10 heteroatoms. The highest BCUT2D eigenvalue weighted by Gasteiger charge is 2.26. The maximum Gasteiger partial charge on any atom is 0.357 e. The Bertz CT molecular complexity index is 917. The molecule has 0 unspecified atom stereocenters. The molecule has 0 N–H and O–H groups in total. The van der Waals surface area contributed by atoms with Crippen molar-refractivity contribution in [2.45, 2.75) is 40.2 Å². The predicted octanol–water partition coefficient (Wildman–Crippen LogP) is 2.94. The van der Waals surface area contributed by atoms with Crippen LogP contribution in [0.2, 0.25) is 0 Å². The molecular weight excluding hydrogens is 377 g/mol. The summed E-state index contributed by atoms with van der Waals surface area (Å²) in [6.45, 7) is 9.12. The minimum atomic E-state index is -3.81. The van der Waals surface area contributed by atoms with Crippen molar-refractivity contribution in [3.8, 4) is 17.0 Å². The van der Waals surface area contributed by atoms with Crippen LogP contribution in [0.4, 0.5) is 4.39 Å². The van der Waals surface area contributed by atoms with Crippen LogP contribution >= 0.6 is 0 Å². The summed E-state index contributed by atoms with van der Waals surface area (Å²) in [5.74, 6) is -1.81. The standard InChI is InChI=1S/C15H18FN3O5S.C2H6/c1-15(2,3)23-14(20)13-10(8-18-19(13)4)12-11(16)6-9(7-17-12)24-25(5,21)22;1-2/h6-8H,1-5H3;1-2H3. The van der Waals surface area contributed by atoms with Crippen molar-refractivity contribution in [2.75, 3.05) is 6.26 Å². The van der Waals surface area contributed by atoms with Gasteiger partial charge in [0.1, 0.15) is 11.3 Å². The molecule has 0 aliphatic heterocycles. The molecule has 0 spiro atoms. The third kappa shape index (κ3) is 6.31. The van der Waals surface area contributed by atoms with Crippen molar-refractivity contribution in [3.63, 3.8) is 0 Å². The minimum Gasteiger partial charge on any atom is -0.455 e. The van der Waals surface area contributed by atoms with Crippen LogP contribution in [0.5, 0.6) is 5.75 Å². The van der Waals surface area contributed by atoms with Crippen LogP contribution in [0.15, 0.2) is 18.5 Å².